The van der Waals surface area contributed by atoms with E-state index in [9.17, 15) is 9.90 Å². The number of aromatic hydroxyl groups is 1. The second-order valence-electron chi connectivity index (χ2n) is 3.70. The minimum Gasteiger partial charge on any atom is -0.507 e. The molecule has 1 amide bonds. The van der Waals surface area contributed by atoms with Crippen molar-refractivity contribution < 1.29 is 9.90 Å². The van der Waals surface area contributed by atoms with Crippen molar-refractivity contribution in [1.29, 1.82) is 0 Å². The highest BCUT2D eigenvalue weighted by atomic mass is 79.9. The van der Waals surface area contributed by atoms with Crippen molar-refractivity contribution in [2.45, 2.75) is 12.5 Å². The summed E-state index contributed by atoms with van der Waals surface area (Å²) in [5, 5.41) is 12.6. The zero-order valence-electron chi connectivity index (χ0n) is 8.57. The number of nitrogens with one attached hydrogen (secondary N) is 1. The molecule has 2 N–H and O–H groups in total. The maximum atomic E-state index is 11.8. The minimum atomic E-state index is -0.197. The topological polar surface area (TPSA) is 49.3 Å². The van der Waals surface area contributed by atoms with Crippen molar-refractivity contribution >= 4 is 33.6 Å². The lowest BCUT2D eigenvalue weighted by molar-refractivity contribution is 0.0938. The Morgan fingerprint density at radius 1 is 1.56 bits per heavy atom. The molecule has 2 rings (SSSR count). The van der Waals surface area contributed by atoms with E-state index in [4.69, 9.17) is 0 Å². The van der Waals surface area contributed by atoms with Gasteiger partial charge in [-0.15, -0.1) is 0 Å². The molecule has 1 fully saturated rings. The average Bonchev–Trinajstić information content (AvgIpc) is 2.70. The Morgan fingerprint density at radius 3 is 3.00 bits per heavy atom. The first-order chi connectivity index (χ1) is 7.66. The fourth-order valence-corrected chi connectivity index (χ4v) is 3.11. The lowest BCUT2D eigenvalue weighted by atomic mass is 10.1. The lowest BCUT2D eigenvalue weighted by Gasteiger charge is -2.12. The molecule has 0 aromatic heterocycles. The number of phenols is 1. The second kappa shape index (κ2) is 5.10. The van der Waals surface area contributed by atoms with E-state index in [0.717, 1.165) is 22.4 Å². The summed E-state index contributed by atoms with van der Waals surface area (Å²) in [7, 11) is 0. The van der Waals surface area contributed by atoms with Gasteiger partial charge in [-0.05, 0) is 30.4 Å². The molecule has 1 unspecified atom stereocenters. The van der Waals surface area contributed by atoms with E-state index in [-0.39, 0.29) is 17.7 Å². The highest BCUT2D eigenvalue weighted by Gasteiger charge is 2.19. The third-order valence-corrected chi connectivity index (χ3v) is 4.13. The second-order valence-corrected chi connectivity index (χ2v) is 5.76. The third kappa shape index (κ3) is 2.71. The SMILES string of the molecule is O=C(NC1CCSC1)c1ccc(Br)cc1O. The molecular weight excluding hydrogens is 290 g/mol. The number of halogens is 1. The van der Waals surface area contributed by atoms with Gasteiger partial charge in [-0.2, -0.15) is 11.8 Å². The van der Waals surface area contributed by atoms with Gasteiger partial charge in [0.15, 0.2) is 0 Å². The van der Waals surface area contributed by atoms with Crippen LogP contribution in [0.15, 0.2) is 22.7 Å². The Bertz CT molecular complexity index is 405. The maximum absolute atomic E-state index is 11.8. The van der Waals surface area contributed by atoms with E-state index < -0.39 is 0 Å². The van der Waals surface area contributed by atoms with Crippen molar-refractivity contribution in [3.05, 3.63) is 28.2 Å². The van der Waals surface area contributed by atoms with Gasteiger partial charge in [0.05, 0.1) is 5.56 Å². The van der Waals surface area contributed by atoms with Gasteiger partial charge < -0.3 is 10.4 Å². The number of carbonyl (C=O) groups excluding carboxylic acids is 1. The molecule has 0 radical (unpaired) electrons. The summed E-state index contributed by atoms with van der Waals surface area (Å²) >= 11 is 5.08. The number of benzene rings is 1. The molecule has 1 saturated heterocycles. The molecule has 0 aliphatic carbocycles. The Balaban J connectivity index is 2.08. The molecule has 1 aromatic carbocycles. The Morgan fingerprint density at radius 2 is 2.38 bits per heavy atom. The van der Waals surface area contributed by atoms with Crippen LogP contribution in [0.3, 0.4) is 0 Å². The minimum absolute atomic E-state index is 0.0116. The largest absolute Gasteiger partial charge is 0.507 e. The van der Waals surface area contributed by atoms with Gasteiger partial charge in [-0.25, -0.2) is 0 Å². The monoisotopic (exact) mass is 301 g/mol. The summed E-state index contributed by atoms with van der Waals surface area (Å²) in [5.74, 6) is 1.87. The Labute approximate surface area is 107 Å². The van der Waals surface area contributed by atoms with Crippen LogP contribution < -0.4 is 5.32 Å². The summed E-state index contributed by atoms with van der Waals surface area (Å²) in [6, 6.07) is 5.13. The highest BCUT2D eigenvalue weighted by Crippen LogP contribution is 2.23. The van der Waals surface area contributed by atoms with Gasteiger partial charge in [0.2, 0.25) is 0 Å². The summed E-state index contributed by atoms with van der Waals surface area (Å²) in [4.78, 5) is 11.8. The van der Waals surface area contributed by atoms with Crippen molar-refractivity contribution in [2.24, 2.45) is 0 Å². The van der Waals surface area contributed by atoms with Crippen LogP contribution in [0.4, 0.5) is 0 Å². The highest BCUT2D eigenvalue weighted by molar-refractivity contribution is 9.10. The molecule has 1 aliphatic rings. The van der Waals surface area contributed by atoms with Gasteiger partial charge in [-0.1, -0.05) is 15.9 Å². The van der Waals surface area contributed by atoms with Gasteiger partial charge >= 0.3 is 0 Å². The molecule has 1 aliphatic heterocycles. The first-order valence-electron chi connectivity index (χ1n) is 5.04. The molecule has 1 atom stereocenters. The summed E-state index contributed by atoms with van der Waals surface area (Å²) in [6.07, 6.45) is 1.01. The van der Waals surface area contributed by atoms with Crippen LogP contribution in [-0.2, 0) is 0 Å². The van der Waals surface area contributed by atoms with Gasteiger partial charge in [0.25, 0.3) is 5.91 Å². The number of rotatable bonds is 2. The summed E-state index contributed by atoms with van der Waals surface area (Å²) < 4.78 is 0.762. The van der Waals surface area contributed by atoms with Crippen LogP contribution in [0.1, 0.15) is 16.8 Å². The van der Waals surface area contributed by atoms with Crippen LogP contribution in [0, 0.1) is 0 Å². The van der Waals surface area contributed by atoms with E-state index in [0.29, 0.717) is 5.56 Å². The molecule has 3 nitrogen and oxygen atoms in total. The van der Waals surface area contributed by atoms with Crippen molar-refractivity contribution in [2.75, 3.05) is 11.5 Å². The van der Waals surface area contributed by atoms with Crippen molar-refractivity contribution in [3.63, 3.8) is 0 Å². The van der Waals surface area contributed by atoms with Crippen LogP contribution in [0.5, 0.6) is 5.75 Å². The molecule has 5 heteroatoms. The van der Waals surface area contributed by atoms with Crippen molar-refractivity contribution in [3.8, 4) is 5.75 Å². The average molecular weight is 302 g/mol. The smallest absolute Gasteiger partial charge is 0.255 e. The fourth-order valence-electron chi connectivity index (χ4n) is 1.61. The van der Waals surface area contributed by atoms with E-state index in [1.807, 2.05) is 11.8 Å². The normalized spacial score (nSPS) is 19.7. The number of carbonyl (C=O) groups is 1. The molecule has 0 bridgehead atoms. The van der Waals surface area contributed by atoms with Crippen LogP contribution in [0.2, 0.25) is 0 Å². The molecule has 86 valence electrons. The lowest BCUT2D eigenvalue weighted by Crippen LogP contribution is -2.34. The van der Waals surface area contributed by atoms with Crippen LogP contribution in [0.25, 0.3) is 0 Å². The number of thioether (sulfide) groups is 1. The van der Waals surface area contributed by atoms with Gasteiger partial charge in [0.1, 0.15) is 5.75 Å². The van der Waals surface area contributed by atoms with Gasteiger partial charge in [-0.3, -0.25) is 4.79 Å². The van der Waals surface area contributed by atoms with E-state index >= 15 is 0 Å². The predicted molar refractivity (Wildman–Crippen MR) is 69.0 cm³/mol. The maximum Gasteiger partial charge on any atom is 0.255 e. The Hall–Kier alpha value is -0.680. The van der Waals surface area contributed by atoms with E-state index in [1.54, 1.807) is 12.1 Å². The van der Waals surface area contributed by atoms with Crippen LogP contribution in [-0.4, -0.2) is 28.6 Å². The molecular formula is C11H12BrNO2S. The number of hydrogen-bond donors (Lipinski definition) is 2. The Kier molecular flexibility index (Phi) is 3.76. The summed E-state index contributed by atoms with van der Waals surface area (Å²) in [5.41, 5.74) is 0.333. The molecule has 0 spiro atoms. The zero-order valence-corrected chi connectivity index (χ0v) is 11.0. The number of amides is 1. The van der Waals surface area contributed by atoms with E-state index in [1.165, 1.54) is 6.07 Å². The fraction of sp³-hybridized carbons (Fsp3) is 0.364. The molecule has 0 saturated carbocycles. The first-order valence-corrected chi connectivity index (χ1v) is 6.98. The van der Waals surface area contributed by atoms with Crippen molar-refractivity contribution in [1.82, 2.24) is 5.32 Å². The summed E-state index contributed by atoms with van der Waals surface area (Å²) in [6.45, 7) is 0. The molecule has 16 heavy (non-hydrogen) atoms. The first kappa shape index (κ1) is 11.8. The zero-order chi connectivity index (χ0) is 11.5. The van der Waals surface area contributed by atoms with Gasteiger partial charge in [0, 0.05) is 16.3 Å². The van der Waals surface area contributed by atoms with Crippen LogP contribution >= 0.6 is 27.7 Å². The quantitative estimate of drug-likeness (QED) is 0.882. The third-order valence-electron chi connectivity index (χ3n) is 2.47. The standard InChI is InChI=1S/C11H12BrNO2S/c12-7-1-2-9(10(14)5-7)11(15)13-8-3-4-16-6-8/h1-2,5,8,14H,3-4,6H2,(H,13,15). The molecule has 1 aromatic rings. The molecule has 1 heterocycles. The number of phenolic OH excluding ortho intramolecular Hbond substituents is 1. The predicted octanol–water partition coefficient (Wildman–Crippen LogP) is 2.39. The van der Waals surface area contributed by atoms with E-state index in [2.05, 4.69) is 21.2 Å². The number of hydrogen-bond acceptors (Lipinski definition) is 3.